The van der Waals surface area contributed by atoms with Crippen LogP contribution in [0.2, 0.25) is 0 Å². The highest BCUT2D eigenvalue weighted by atomic mass is 16.6. The van der Waals surface area contributed by atoms with E-state index in [-0.39, 0.29) is 42.2 Å². The second-order valence-electron chi connectivity index (χ2n) is 26.3. The van der Waals surface area contributed by atoms with Gasteiger partial charge < -0.3 is 24.2 Å². The zero-order valence-electron chi connectivity index (χ0n) is 48.7. The first-order valence-electron chi connectivity index (χ1n) is 28.6. The quantitative estimate of drug-likeness (QED) is 0.0512. The van der Waals surface area contributed by atoms with Crippen molar-refractivity contribution in [3.8, 4) is 16.9 Å². The van der Waals surface area contributed by atoms with E-state index in [9.17, 15) is 9.90 Å². The number of rotatable bonds is 20. The Morgan fingerprint density at radius 2 is 1.19 bits per heavy atom. The largest absolute Gasteiger partial charge is 0.507 e. The lowest BCUT2D eigenvalue weighted by atomic mass is 9.73. The van der Waals surface area contributed by atoms with E-state index in [1.54, 1.807) is 0 Å². The van der Waals surface area contributed by atoms with E-state index < -0.39 is 40.4 Å². The van der Waals surface area contributed by atoms with Gasteiger partial charge in [-0.05, 0) is 148 Å². The zero-order valence-corrected chi connectivity index (χ0v) is 48.7. The summed E-state index contributed by atoms with van der Waals surface area (Å²) >= 11 is 0. The smallest absolute Gasteiger partial charge is 0.338 e. The first kappa shape index (κ1) is 59.4. The molecular weight excluding hydrogens is 933 g/mol. The van der Waals surface area contributed by atoms with E-state index in [2.05, 4.69) is 126 Å². The van der Waals surface area contributed by atoms with Crippen LogP contribution in [-0.2, 0) is 41.1 Å². The molecule has 0 radical (unpaired) electrons. The van der Waals surface area contributed by atoms with Crippen LogP contribution in [0.5, 0.6) is 5.75 Å². The fourth-order valence-electron chi connectivity index (χ4n) is 12.2. The third-order valence-corrected chi connectivity index (χ3v) is 17.4. The minimum absolute atomic E-state index is 0.0346. The first-order chi connectivity index (χ1) is 35.1. The van der Waals surface area contributed by atoms with Crippen molar-refractivity contribution in [2.45, 2.75) is 232 Å². The number of unbranched alkanes of at least 4 members (excludes halogenated alkanes) is 5. The molecule has 3 aliphatic rings. The summed E-state index contributed by atoms with van der Waals surface area (Å²) in [5.74, 6) is 0.224. The normalized spacial score (nSPS) is 20.6. The predicted octanol–water partition coefficient (Wildman–Crippen LogP) is 15.7. The van der Waals surface area contributed by atoms with Crippen LogP contribution in [-0.4, -0.2) is 76.8 Å². The molecular formula is C66H96N2O7. The Labute approximate surface area is 453 Å². The molecule has 1 N–H and O–H groups in total. The monoisotopic (exact) mass is 1030 g/mol. The van der Waals surface area contributed by atoms with Gasteiger partial charge in [0.25, 0.3) is 0 Å². The van der Waals surface area contributed by atoms with Gasteiger partial charge in [0.15, 0.2) is 5.41 Å². The van der Waals surface area contributed by atoms with Crippen LogP contribution in [0.4, 0.5) is 0 Å². The Morgan fingerprint density at radius 3 is 1.71 bits per heavy atom. The number of esters is 3. The summed E-state index contributed by atoms with van der Waals surface area (Å²) < 4.78 is 18.9. The Balaban J connectivity index is 1.15. The van der Waals surface area contributed by atoms with Crippen molar-refractivity contribution in [3.63, 3.8) is 0 Å². The van der Waals surface area contributed by atoms with E-state index in [1.165, 1.54) is 56.9 Å². The van der Waals surface area contributed by atoms with Crippen molar-refractivity contribution in [1.82, 2.24) is 9.80 Å². The summed E-state index contributed by atoms with van der Waals surface area (Å²) in [5.41, 5.74) is 4.87. The lowest BCUT2D eigenvalue weighted by Crippen LogP contribution is -2.61. The third-order valence-electron chi connectivity index (χ3n) is 17.4. The minimum Gasteiger partial charge on any atom is -0.507 e. The molecule has 9 heteroatoms. The van der Waals surface area contributed by atoms with Crippen molar-refractivity contribution in [2.75, 3.05) is 20.7 Å². The standard InChI is InChI=1S/C66H96N2O7/c1-16-17-20-23-47-24-26-49(27-25-47)50-28-30-51(31-29-50)52-32-34-53(35-33-52)59(70)73-37-22-19-18-21-36-66(60(71)74-54-38-45(2)67(14)46(3)39-54,61(72)75-55-43-64(10,11)68(15)65(12,13)44-55)42-48-40-56(62(4,5)6)58(69)57(41-48)63(7,8)9/h28-35,40-41,47,49,54-55,69H,2-3,16-27,36-39,42-44H2,1,4-15H3. The van der Waals surface area contributed by atoms with Gasteiger partial charge >= 0.3 is 17.9 Å². The zero-order chi connectivity index (χ0) is 55.1. The van der Waals surface area contributed by atoms with Gasteiger partial charge in [0, 0.05) is 55.2 Å². The summed E-state index contributed by atoms with van der Waals surface area (Å²) in [6.45, 7) is 32.0. The highest BCUT2D eigenvalue weighted by Gasteiger charge is 2.52. The van der Waals surface area contributed by atoms with Gasteiger partial charge in [0.05, 0.1) is 12.2 Å². The Morgan fingerprint density at radius 1 is 0.680 bits per heavy atom. The lowest BCUT2D eigenvalue weighted by Gasteiger charge is -2.53. The molecule has 3 fully saturated rings. The number of hydrogen-bond donors (Lipinski definition) is 1. The molecule has 1 unspecified atom stereocenters. The van der Waals surface area contributed by atoms with Crippen LogP contribution in [0.3, 0.4) is 0 Å². The number of ether oxygens (including phenoxy) is 3. The minimum atomic E-state index is -1.71. The molecule has 412 valence electrons. The van der Waals surface area contributed by atoms with Crippen molar-refractivity contribution < 1.29 is 33.7 Å². The van der Waals surface area contributed by atoms with Crippen LogP contribution in [0, 0.1) is 11.3 Å². The highest BCUT2D eigenvalue weighted by Crippen LogP contribution is 2.45. The van der Waals surface area contributed by atoms with Gasteiger partial charge in [-0.1, -0.05) is 155 Å². The average molecular weight is 1030 g/mol. The van der Waals surface area contributed by atoms with Crippen molar-refractivity contribution in [1.29, 1.82) is 0 Å². The van der Waals surface area contributed by atoms with Crippen LogP contribution in [0.15, 0.2) is 85.2 Å². The summed E-state index contributed by atoms with van der Waals surface area (Å²) in [6, 6.07) is 20.6. The maximum absolute atomic E-state index is 15.4. The summed E-state index contributed by atoms with van der Waals surface area (Å²) in [5, 5.41) is 11.8. The number of aromatic hydroxyl groups is 1. The van der Waals surface area contributed by atoms with Crippen molar-refractivity contribution in [2.24, 2.45) is 11.3 Å². The molecule has 6 rings (SSSR count). The number of carbonyl (C=O) groups is 3. The fourth-order valence-corrected chi connectivity index (χ4v) is 12.2. The molecule has 2 aliphatic heterocycles. The Hall–Kier alpha value is -4.89. The molecule has 1 atom stereocenters. The lowest BCUT2D eigenvalue weighted by molar-refractivity contribution is -0.185. The van der Waals surface area contributed by atoms with Crippen LogP contribution >= 0.6 is 0 Å². The SMILES string of the molecule is C=C1CC(OC(=O)C(CCCCCCOC(=O)c2ccc(-c3ccc(C4CCC(CCCCC)CC4)cc3)cc2)(Cc2cc(C(C)(C)C)c(O)c(C(C)(C)C)c2)C(=O)OC2CC(C)(C)N(C)C(C)(C)C2)CC(=C)N1C. The maximum atomic E-state index is 15.4. The van der Waals surface area contributed by atoms with Crippen molar-refractivity contribution in [3.05, 3.63) is 113 Å². The van der Waals surface area contributed by atoms with E-state index in [0.717, 1.165) is 51.6 Å². The molecule has 0 spiro atoms. The van der Waals surface area contributed by atoms with Gasteiger partial charge in [-0.15, -0.1) is 0 Å². The molecule has 75 heavy (non-hydrogen) atoms. The molecule has 0 amide bonds. The van der Waals surface area contributed by atoms with E-state index in [0.29, 0.717) is 56.4 Å². The molecule has 1 saturated carbocycles. The number of piperidine rings is 2. The number of phenols is 1. The molecule has 9 nitrogen and oxygen atoms in total. The molecule has 0 bridgehead atoms. The number of hydrogen-bond acceptors (Lipinski definition) is 9. The second-order valence-corrected chi connectivity index (χ2v) is 26.3. The predicted molar refractivity (Wildman–Crippen MR) is 306 cm³/mol. The second kappa shape index (κ2) is 24.6. The third kappa shape index (κ3) is 15.0. The summed E-state index contributed by atoms with van der Waals surface area (Å²) in [6.07, 6.45) is 14.5. The van der Waals surface area contributed by atoms with Crippen molar-refractivity contribution >= 4 is 17.9 Å². The molecule has 2 saturated heterocycles. The Kier molecular flexibility index (Phi) is 19.5. The average Bonchev–Trinajstić information content (AvgIpc) is 3.34. The Bertz CT molecular complexity index is 2380. The highest BCUT2D eigenvalue weighted by molar-refractivity contribution is 6.00. The van der Waals surface area contributed by atoms with Gasteiger partial charge in [-0.2, -0.15) is 0 Å². The topological polar surface area (TPSA) is 106 Å². The summed E-state index contributed by atoms with van der Waals surface area (Å²) in [7, 11) is 4.03. The van der Waals surface area contributed by atoms with E-state index in [1.807, 2.05) is 48.3 Å². The first-order valence-corrected chi connectivity index (χ1v) is 28.6. The van der Waals surface area contributed by atoms with Gasteiger partial charge in [0.2, 0.25) is 0 Å². The van der Waals surface area contributed by atoms with E-state index >= 15 is 9.59 Å². The van der Waals surface area contributed by atoms with Gasteiger partial charge in [-0.25, -0.2) is 4.79 Å². The number of carbonyl (C=O) groups excluding carboxylic acids is 3. The number of likely N-dealkylation sites (tertiary alicyclic amines) is 2. The molecule has 0 aromatic heterocycles. The van der Waals surface area contributed by atoms with Gasteiger partial charge in [-0.3, -0.25) is 14.5 Å². The molecule has 3 aromatic rings. The molecule has 3 aromatic carbocycles. The van der Waals surface area contributed by atoms with E-state index in [4.69, 9.17) is 14.2 Å². The van der Waals surface area contributed by atoms with Crippen LogP contribution in [0.25, 0.3) is 11.1 Å². The molecule has 1 aliphatic carbocycles. The number of benzene rings is 3. The van der Waals surface area contributed by atoms with Gasteiger partial charge in [0.1, 0.15) is 18.0 Å². The number of nitrogens with zero attached hydrogens (tertiary/aromatic N) is 2. The summed E-state index contributed by atoms with van der Waals surface area (Å²) in [4.78, 5) is 48.3. The van der Waals surface area contributed by atoms with Crippen LogP contribution in [0.1, 0.15) is 224 Å². The maximum Gasteiger partial charge on any atom is 0.338 e. The fraction of sp³-hybridized carbons (Fsp3) is 0.621. The molecule has 2 heterocycles. The number of phenolic OH excluding ortho intramolecular Hbond substituents is 1. The van der Waals surface area contributed by atoms with Crippen LogP contribution < -0.4 is 0 Å².